The molecule has 0 aliphatic carbocycles. The Hall–Kier alpha value is -2.08. The Morgan fingerprint density at radius 2 is 2.25 bits per heavy atom. The van der Waals surface area contributed by atoms with E-state index in [9.17, 15) is 9.59 Å². The van der Waals surface area contributed by atoms with Crippen molar-refractivity contribution in [1.29, 1.82) is 0 Å². The molecule has 0 aromatic heterocycles. The summed E-state index contributed by atoms with van der Waals surface area (Å²) in [7, 11) is 1.85. The lowest BCUT2D eigenvalue weighted by atomic mass is 10.2. The zero-order valence-electron chi connectivity index (χ0n) is 11.4. The highest BCUT2D eigenvalue weighted by Gasteiger charge is 2.33. The summed E-state index contributed by atoms with van der Waals surface area (Å²) < 4.78 is 0. The van der Waals surface area contributed by atoms with E-state index in [1.807, 2.05) is 25.2 Å². The van der Waals surface area contributed by atoms with Crippen LogP contribution in [0.1, 0.15) is 18.4 Å². The fraction of sp³-hybridized carbons (Fsp3) is 0.429. The minimum absolute atomic E-state index is 0.350. The Morgan fingerprint density at radius 1 is 1.45 bits per heavy atom. The molecule has 1 aliphatic rings. The molecule has 3 N–H and O–H groups in total. The second kappa shape index (κ2) is 6.38. The fourth-order valence-corrected chi connectivity index (χ4v) is 2.42. The van der Waals surface area contributed by atoms with Crippen LogP contribution in [-0.4, -0.2) is 41.6 Å². The van der Waals surface area contributed by atoms with Crippen molar-refractivity contribution in [2.24, 2.45) is 0 Å². The third kappa shape index (κ3) is 3.27. The number of benzene rings is 1. The number of rotatable bonds is 4. The number of carbonyl (C=O) groups is 2. The monoisotopic (exact) mass is 277 g/mol. The number of likely N-dealkylation sites (tertiary alicyclic amines) is 1. The molecule has 0 spiro atoms. The van der Waals surface area contributed by atoms with Gasteiger partial charge in [-0.25, -0.2) is 9.59 Å². The Kier molecular flexibility index (Phi) is 4.57. The lowest BCUT2D eigenvalue weighted by Gasteiger charge is -2.22. The minimum atomic E-state index is -0.943. The lowest BCUT2D eigenvalue weighted by molar-refractivity contribution is -0.141. The van der Waals surface area contributed by atoms with Gasteiger partial charge in [0.05, 0.1) is 0 Å². The van der Waals surface area contributed by atoms with E-state index in [-0.39, 0.29) is 6.03 Å². The molecule has 20 heavy (non-hydrogen) atoms. The first-order chi connectivity index (χ1) is 9.61. The normalized spacial score (nSPS) is 18.1. The molecule has 0 radical (unpaired) electrons. The summed E-state index contributed by atoms with van der Waals surface area (Å²) in [6.45, 7) is 1.20. The maximum atomic E-state index is 12.1. The quantitative estimate of drug-likeness (QED) is 0.778. The van der Waals surface area contributed by atoms with Crippen LogP contribution < -0.4 is 10.6 Å². The second-order valence-corrected chi connectivity index (χ2v) is 4.85. The van der Waals surface area contributed by atoms with Gasteiger partial charge < -0.3 is 20.6 Å². The maximum absolute atomic E-state index is 12.1. The van der Waals surface area contributed by atoms with Gasteiger partial charge in [-0.2, -0.15) is 0 Å². The van der Waals surface area contributed by atoms with Crippen LogP contribution in [0.2, 0.25) is 0 Å². The molecule has 108 valence electrons. The molecule has 1 aromatic carbocycles. The van der Waals surface area contributed by atoms with Gasteiger partial charge in [0.1, 0.15) is 6.04 Å². The van der Waals surface area contributed by atoms with E-state index in [0.29, 0.717) is 25.2 Å². The van der Waals surface area contributed by atoms with Crippen molar-refractivity contribution in [3.63, 3.8) is 0 Å². The molecule has 2 rings (SSSR count). The fourth-order valence-electron chi connectivity index (χ4n) is 2.42. The number of nitrogens with zero attached hydrogens (tertiary/aromatic N) is 1. The highest BCUT2D eigenvalue weighted by atomic mass is 16.4. The van der Waals surface area contributed by atoms with E-state index < -0.39 is 12.0 Å². The van der Waals surface area contributed by atoms with Crippen LogP contribution in [0.25, 0.3) is 0 Å². The molecular weight excluding hydrogens is 258 g/mol. The van der Waals surface area contributed by atoms with E-state index in [0.717, 1.165) is 12.0 Å². The van der Waals surface area contributed by atoms with E-state index in [4.69, 9.17) is 5.11 Å². The van der Waals surface area contributed by atoms with Gasteiger partial charge in [0.15, 0.2) is 0 Å². The smallest absolute Gasteiger partial charge is 0.326 e. The molecule has 1 aromatic rings. The van der Waals surface area contributed by atoms with E-state index >= 15 is 0 Å². The van der Waals surface area contributed by atoms with Crippen LogP contribution in [0.3, 0.4) is 0 Å². The van der Waals surface area contributed by atoms with Gasteiger partial charge in [-0.05, 0) is 37.6 Å². The molecule has 2 amide bonds. The molecule has 1 fully saturated rings. The highest BCUT2D eigenvalue weighted by Crippen LogP contribution is 2.19. The molecule has 6 heteroatoms. The SMILES string of the molecule is CNCc1cccc(NC(=O)N2CCC[C@H]2C(=O)O)c1. The van der Waals surface area contributed by atoms with Crippen molar-refractivity contribution in [1.82, 2.24) is 10.2 Å². The number of carbonyl (C=O) groups excluding carboxylic acids is 1. The van der Waals surface area contributed by atoms with E-state index in [1.165, 1.54) is 4.90 Å². The average molecular weight is 277 g/mol. The summed E-state index contributed by atoms with van der Waals surface area (Å²) in [5.74, 6) is -0.943. The highest BCUT2D eigenvalue weighted by molar-refractivity contribution is 5.92. The maximum Gasteiger partial charge on any atom is 0.326 e. The van der Waals surface area contributed by atoms with Crippen molar-refractivity contribution in [2.75, 3.05) is 18.9 Å². The number of hydrogen-bond acceptors (Lipinski definition) is 3. The summed E-state index contributed by atoms with van der Waals surface area (Å²) in [4.78, 5) is 24.6. The van der Waals surface area contributed by atoms with Crippen molar-refractivity contribution < 1.29 is 14.7 Å². The number of aliphatic carboxylic acids is 1. The molecule has 0 saturated carbocycles. The number of anilines is 1. The third-order valence-electron chi connectivity index (χ3n) is 3.36. The second-order valence-electron chi connectivity index (χ2n) is 4.85. The summed E-state index contributed by atoms with van der Waals surface area (Å²) in [6.07, 6.45) is 1.24. The average Bonchev–Trinajstić information content (AvgIpc) is 2.89. The van der Waals surface area contributed by atoms with Crippen LogP contribution in [0.15, 0.2) is 24.3 Å². The van der Waals surface area contributed by atoms with Crippen molar-refractivity contribution in [2.45, 2.75) is 25.4 Å². The van der Waals surface area contributed by atoms with Gasteiger partial charge in [-0.15, -0.1) is 0 Å². The number of urea groups is 1. The van der Waals surface area contributed by atoms with Gasteiger partial charge in [0, 0.05) is 18.8 Å². The zero-order chi connectivity index (χ0) is 14.5. The van der Waals surface area contributed by atoms with Gasteiger partial charge in [-0.3, -0.25) is 0 Å². The summed E-state index contributed by atoms with van der Waals surface area (Å²) >= 11 is 0. The molecule has 0 unspecified atom stereocenters. The van der Waals surface area contributed by atoms with E-state index in [1.54, 1.807) is 6.07 Å². The van der Waals surface area contributed by atoms with E-state index in [2.05, 4.69) is 10.6 Å². The predicted octanol–water partition coefficient (Wildman–Crippen LogP) is 1.49. The predicted molar refractivity (Wildman–Crippen MR) is 75.6 cm³/mol. The van der Waals surface area contributed by atoms with Gasteiger partial charge in [0.25, 0.3) is 0 Å². The number of hydrogen-bond donors (Lipinski definition) is 3. The third-order valence-corrected chi connectivity index (χ3v) is 3.36. The van der Waals surface area contributed by atoms with Gasteiger partial charge in [0.2, 0.25) is 0 Å². The van der Waals surface area contributed by atoms with Crippen molar-refractivity contribution >= 4 is 17.7 Å². The number of carboxylic acid groups (broad SMARTS) is 1. The summed E-state index contributed by atoms with van der Waals surface area (Å²) in [5, 5.41) is 14.9. The van der Waals surface area contributed by atoms with Crippen molar-refractivity contribution in [3.05, 3.63) is 29.8 Å². The standard InChI is InChI=1S/C14H19N3O3/c1-15-9-10-4-2-5-11(8-10)16-14(20)17-7-3-6-12(17)13(18)19/h2,4-5,8,12,15H,3,6-7,9H2,1H3,(H,16,20)(H,18,19)/t12-/m0/s1. The van der Waals surface area contributed by atoms with Crippen LogP contribution in [0.5, 0.6) is 0 Å². The molecule has 1 aliphatic heterocycles. The molecule has 0 bridgehead atoms. The Labute approximate surface area is 117 Å². The first-order valence-electron chi connectivity index (χ1n) is 6.66. The van der Waals surface area contributed by atoms with Crippen LogP contribution in [0.4, 0.5) is 10.5 Å². The molecule has 6 nitrogen and oxygen atoms in total. The Balaban J connectivity index is 2.04. The van der Waals surface area contributed by atoms with Gasteiger partial charge in [-0.1, -0.05) is 12.1 Å². The van der Waals surface area contributed by atoms with Crippen LogP contribution in [-0.2, 0) is 11.3 Å². The molecule has 1 heterocycles. The zero-order valence-corrected chi connectivity index (χ0v) is 11.4. The summed E-state index contributed by atoms with van der Waals surface area (Å²) in [6, 6.07) is 6.43. The van der Waals surface area contributed by atoms with Crippen molar-refractivity contribution in [3.8, 4) is 0 Å². The van der Waals surface area contributed by atoms with Gasteiger partial charge >= 0.3 is 12.0 Å². The Bertz CT molecular complexity index is 504. The van der Waals surface area contributed by atoms with Crippen LogP contribution in [0, 0.1) is 0 Å². The molecule has 1 atom stereocenters. The number of carboxylic acids is 1. The lowest BCUT2D eigenvalue weighted by Crippen LogP contribution is -2.42. The van der Waals surface area contributed by atoms with Crippen LogP contribution >= 0.6 is 0 Å². The number of amides is 2. The summed E-state index contributed by atoms with van der Waals surface area (Å²) in [5.41, 5.74) is 1.74. The number of nitrogens with one attached hydrogen (secondary N) is 2. The topological polar surface area (TPSA) is 81.7 Å². The minimum Gasteiger partial charge on any atom is -0.480 e. The Morgan fingerprint density at radius 3 is 2.95 bits per heavy atom. The first kappa shape index (κ1) is 14.3. The molecule has 1 saturated heterocycles. The first-order valence-corrected chi connectivity index (χ1v) is 6.66. The largest absolute Gasteiger partial charge is 0.480 e. The molecular formula is C14H19N3O3.